The molecule has 0 saturated carbocycles. The quantitative estimate of drug-likeness (QED) is 0.423. The van der Waals surface area contributed by atoms with Crippen LogP contribution in [0.3, 0.4) is 0 Å². The van der Waals surface area contributed by atoms with E-state index >= 15 is 0 Å². The highest BCUT2D eigenvalue weighted by Gasteiger charge is 2.28. The van der Waals surface area contributed by atoms with Crippen LogP contribution >= 0.6 is 23.2 Å². The number of benzene rings is 2. The van der Waals surface area contributed by atoms with Gasteiger partial charge in [0.25, 0.3) is 0 Å². The SMILES string of the molecule is Oc1cc(N2CCC(c3nc4ccccc4o3)CC2)c(O)n1-c1cc(Cl)cc(Cl)c1. The van der Waals surface area contributed by atoms with E-state index in [9.17, 15) is 10.2 Å². The van der Waals surface area contributed by atoms with Gasteiger partial charge in [0.2, 0.25) is 11.8 Å². The van der Waals surface area contributed by atoms with Crippen LogP contribution in [0.25, 0.3) is 16.8 Å². The molecule has 0 amide bonds. The number of hydrogen-bond donors (Lipinski definition) is 2. The van der Waals surface area contributed by atoms with Gasteiger partial charge in [-0.05, 0) is 43.2 Å². The van der Waals surface area contributed by atoms with E-state index in [0.717, 1.165) is 29.8 Å². The molecule has 0 atom stereocenters. The van der Waals surface area contributed by atoms with Crippen LogP contribution in [0.15, 0.2) is 52.9 Å². The Kier molecular flexibility index (Phi) is 4.76. The maximum absolute atomic E-state index is 10.8. The molecule has 6 nitrogen and oxygen atoms in total. The number of nitrogens with zero attached hydrogens (tertiary/aromatic N) is 3. The summed E-state index contributed by atoms with van der Waals surface area (Å²) in [4.78, 5) is 6.67. The highest BCUT2D eigenvalue weighted by atomic mass is 35.5. The Balaban J connectivity index is 1.37. The van der Waals surface area contributed by atoms with Gasteiger partial charge in [0, 0.05) is 35.1 Å². The molecular weight excluding hydrogens is 425 g/mol. The lowest BCUT2D eigenvalue weighted by molar-refractivity contribution is 0.395. The van der Waals surface area contributed by atoms with Gasteiger partial charge in [-0.15, -0.1) is 0 Å². The van der Waals surface area contributed by atoms with E-state index in [-0.39, 0.29) is 17.7 Å². The van der Waals surface area contributed by atoms with E-state index in [1.165, 1.54) is 4.57 Å². The fourth-order valence-corrected chi connectivity index (χ4v) is 4.58. The first-order chi connectivity index (χ1) is 14.5. The summed E-state index contributed by atoms with van der Waals surface area (Å²) in [6.45, 7) is 1.41. The monoisotopic (exact) mass is 443 g/mol. The number of oxazole rings is 1. The first kappa shape index (κ1) is 19.2. The number of piperidine rings is 1. The Labute approximate surface area is 182 Å². The molecule has 1 saturated heterocycles. The van der Waals surface area contributed by atoms with E-state index in [1.54, 1.807) is 24.3 Å². The number of hydrogen-bond acceptors (Lipinski definition) is 5. The van der Waals surface area contributed by atoms with Crippen molar-refractivity contribution in [1.82, 2.24) is 9.55 Å². The third-order valence-electron chi connectivity index (χ3n) is 5.54. The second-order valence-corrected chi connectivity index (χ2v) is 8.33. The van der Waals surface area contributed by atoms with Gasteiger partial charge in [0.05, 0.1) is 5.69 Å². The molecule has 8 heteroatoms. The first-order valence-electron chi connectivity index (χ1n) is 9.70. The van der Waals surface area contributed by atoms with Crippen molar-refractivity contribution in [2.45, 2.75) is 18.8 Å². The highest BCUT2D eigenvalue weighted by Crippen LogP contribution is 2.41. The molecule has 0 unspecified atom stereocenters. The average Bonchev–Trinajstić information content (AvgIpc) is 3.28. The fourth-order valence-electron chi connectivity index (χ4n) is 4.06. The molecule has 3 heterocycles. The third-order valence-corrected chi connectivity index (χ3v) is 5.97. The van der Waals surface area contributed by atoms with Crippen LogP contribution in [0.5, 0.6) is 11.8 Å². The lowest BCUT2D eigenvalue weighted by Gasteiger charge is -2.31. The zero-order chi connectivity index (χ0) is 20.8. The van der Waals surface area contributed by atoms with E-state index in [2.05, 4.69) is 9.88 Å². The van der Waals surface area contributed by atoms with Crippen molar-refractivity contribution in [2.75, 3.05) is 18.0 Å². The second-order valence-electron chi connectivity index (χ2n) is 7.46. The molecule has 0 aliphatic carbocycles. The number of aromatic hydroxyl groups is 2. The molecule has 1 fully saturated rings. The smallest absolute Gasteiger partial charge is 0.223 e. The lowest BCUT2D eigenvalue weighted by Crippen LogP contribution is -2.32. The predicted molar refractivity (Wildman–Crippen MR) is 117 cm³/mol. The summed E-state index contributed by atoms with van der Waals surface area (Å²) in [6, 6.07) is 14.2. The lowest BCUT2D eigenvalue weighted by atomic mass is 9.96. The number of halogens is 2. The van der Waals surface area contributed by atoms with Crippen molar-refractivity contribution in [3.05, 3.63) is 64.5 Å². The van der Waals surface area contributed by atoms with Crippen molar-refractivity contribution in [1.29, 1.82) is 0 Å². The topological polar surface area (TPSA) is 74.7 Å². The van der Waals surface area contributed by atoms with Gasteiger partial charge in [0.1, 0.15) is 11.2 Å². The largest absolute Gasteiger partial charge is 0.494 e. The fraction of sp³-hybridized carbons (Fsp3) is 0.227. The normalized spacial score (nSPS) is 15.2. The van der Waals surface area contributed by atoms with Gasteiger partial charge in [-0.2, -0.15) is 0 Å². The van der Waals surface area contributed by atoms with Gasteiger partial charge in [0.15, 0.2) is 11.5 Å². The molecule has 154 valence electrons. The van der Waals surface area contributed by atoms with Crippen molar-refractivity contribution >= 4 is 40.0 Å². The summed E-state index contributed by atoms with van der Waals surface area (Å²) in [6.07, 6.45) is 1.67. The molecule has 0 spiro atoms. The van der Waals surface area contributed by atoms with Crippen molar-refractivity contribution < 1.29 is 14.6 Å². The third kappa shape index (κ3) is 3.36. The maximum Gasteiger partial charge on any atom is 0.223 e. The number of anilines is 1. The summed E-state index contributed by atoms with van der Waals surface area (Å²) in [5, 5.41) is 22.1. The number of rotatable bonds is 3. The standard InChI is InChI=1S/C22H19Cl2N3O3/c23-14-9-15(24)11-16(10-14)27-20(28)12-18(22(27)29)26-7-5-13(6-8-26)21-25-17-3-1-2-4-19(17)30-21/h1-4,9-13,28-29H,5-8H2. The van der Waals surface area contributed by atoms with Gasteiger partial charge >= 0.3 is 0 Å². The molecule has 0 bridgehead atoms. The Bertz CT molecular complexity index is 1170. The van der Waals surface area contributed by atoms with E-state index in [0.29, 0.717) is 34.5 Å². The molecule has 2 N–H and O–H groups in total. The van der Waals surface area contributed by atoms with Crippen LogP contribution in [-0.2, 0) is 0 Å². The molecule has 30 heavy (non-hydrogen) atoms. The van der Waals surface area contributed by atoms with Crippen LogP contribution in [-0.4, -0.2) is 32.9 Å². The summed E-state index contributed by atoms with van der Waals surface area (Å²) in [5.41, 5.74) is 2.74. The van der Waals surface area contributed by atoms with Crippen LogP contribution in [0.1, 0.15) is 24.7 Å². The molecular formula is C22H19Cl2N3O3. The summed E-state index contributed by atoms with van der Waals surface area (Å²) in [5.74, 6) is 0.848. The van der Waals surface area contributed by atoms with Gasteiger partial charge in [-0.3, -0.25) is 0 Å². The minimum Gasteiger partial charge on any atom is -0.494 e. The Morgan fingerprint density at radius 2 is 1.67 bits per heavy atom. The summed E-state index contributed by atoms with van der Waals surface area (Å²) < 4.78 is 7.26. The maximum atomic E-state index is 10.8. The molecule has 2 aromatic carbocycles. The summed E-state index contributed by atoms with van der Waals surface area (Å²) >= 11 is 12.2. The minimum absolute atomic E-state index is 0.0499. The van der Waals surface area contributed by atoms with Crippen LogP contribution in [0.4, 0.5) is 5.69 Å². The zero-order valence-corrected chi connectivity index (χ0v) is 17.4. The highest BCUT2D eigenvalue weighted by molar-refractivity contribution is 6.34. The van der Waals surface area contributed by atoms with Gasteiger partial charge in [-0.25, -0.2) is 9.55 Å². The van der Waals surface area contributed by atoms with Crippen LogP contribution < -0.4 is 4.90 Å². The Morgan fingerprint density at radius 1 is 0.967 bits per heavy atom. The Hall–Kier alpha value is -2.83. The van der Waals surface area contributed by atoms with Crippen molar-refractivity contribution in [3.8, 4) is 17.4 Å². The molecule has 1 aliphatic rings. The van der Waals surface area contributed by atoms with Crippen molar-refractivity contribution in [2.24, 2.45) is 0 Å². The number of aromatic nitrogens is 2. The molecule has 2 aromatic heterocycles. The minimum atomic E-state index is -0.0816. The van der Waals surface area contributed by atoms with E-state index in [1.807, 2.05) is 24.3 Å². The Morgan fingerprint density at radius 3 is 2.37 bits per heavy atom. The summed E-state index contributed by atoms with van der Waals surface area (Å²) in [7, 11) is 0. The van der Waals surface area contributed by atoms with Gasteiger partial charge < -0.3 is 19.5 Å². The molecule has 4 aromatic rings. The number of fused-ring (bicyclic) bond motifs is 1. The molecule has 0 radical (unpaired) electrons. The average molecular weight is 444 g/mol. The molecule has 5 rings (SSSR count). The van der Waals surface area contributed by atoms with Crippen molar-refractivity contribution in [3.63, 3.8) is 0 Å². The second kappa shape index (κ2) is 7.45. The van der Waals surface area contributed by atoms with E-state index in [4.69, 9.17) is 27.6 Å². The number of para-hydroxylation sites is 2. The zero-order valence-electron chi connectivity index (χ0n) is 15.9. The first-order valence-corrected chi connectivity index (χ1v) is 10.5. The molecule has 1 aliphatic heterocycles. The predicted octanol–water partition coefficient (Wildman–Crippen LogP) is 5.72. The van der Waals surface area contributed by atoms with Gasteiger partial charge in [-0.1, -0.05) is 35.3 Å². The van der Waals surface area contributed by atoms with Crippen LogP contribution in [0, 0.1) is 0 Å². The van der Waals surface area contributed by atoms with Crippen LogP contribution in [0.2, 0.25) is 10.0 Å². The van der Waals surface area contributed by atoms with E-state index < -0.39 is 0 Å².